The summed E-state index contributed by atoms with van der Waals surface area (Å²) in [6.45, 7) is 14.9. The number of benzene rings is 1. The summed E-state index contributed by atoms with van der Waals surface area (Å²) in [7, 11) is 1.72. The van der Waals surface area contributed by atoms with Crippen molar-refractivity contribution in [2.24, 2.45) is 11.8 Å². The number of carbonyl (C=O) groups is 1. The highest BCUT2D eigenvalue weighted by Gasteiger charge is 2.27. The number of piperidine rings is 1. The molecule has 1 aliphatic carbocycles. The van der Waals surface area contributed by atoms with Crippen LogP contribution in [0.5, 0.6) is 5.75 Å². The van der Waals surface area contributed by atoms with Crippen molar-refractivity contribution in [2.75, 3.05) is 33.4 Å². The molecular formula is C29H49N3O3. The number of aryl methyl sites for hydroxylation is 1. The van der Waals surface area contributed by atoms with E-state index in [1.165, 1.54) is 38.8 Å². The monoisotopic (exact) mass is 487 g/mol. The van der Waals surface area contributed by atoms with E-state index in [-0.39, 0.29) is 11.9 Å². The largest absolute Gasteiger partial charge is 0.490 e. The molecule has 1 aromatic carbocycles. The van der Waals surface area contributed by atoms with Crippen molar-refractivity contribution in [3.05, 3.63) is 30.0 Å². The fourth-order valence-corrected chi connectivity index (χ4v) is 4.23. The Kier molecular flexibility index (Phi) is 13.2. The summed E-state index contributed by atoms with van der Waals surface area (Å²) in [6, 6.07) is 8.23. The second kappa shape index (κ2) is 15.8. The molecule has 1 amide bonds. The molecule has 2 aliphatic rings. The molecule has 0 spiro atoms. The number of carbonyl (C=O) groups excluding carboxylic acids is 1. The molecule has 1 saturated heterocycles. The highest BCUT2D eigenvalue weighted by molar-refractivity contribution is 6.04. The smallest absolute Gasteiger partial charge is 0.272 e. The number of nitrogens with zero attached hydrogens (tertiary/aromatic N) is 1. The molecule has 6 nitrogen and oxygen atoms in total. The maximum Gasteiger partial charge on any atom is 0.272 e. The molecule has 198 valence electrons. The predicted octanol–water partition coefficient (Wildman–Crippen LogP) is 6.03. The lowest BCUT2D eigenvalue weighted by Gasteiger charge is -2.17. The number of ether oxygens (including phenoxy) is 2. The van der Waals surface area contributed by atoms with Gasteiger partial charge in [-0.1, -0.05) is 32.9 Å². The van der Waals surface area contributed by atoms with Crippen LogP contribution in [0.3, 0.4) is 0 Å². The van der Waals surface area contributed by atoms with Crippen molar-refractivity contribution in [3.8, 4) is 5.75 Å². The first-order valence-corrected chi connectivity index (χ1v) is 13.8. The maximum atomic E-state index is 13.0. The molecule has 2 heterocycles. The molecule has 4 rings (SSSR count). The van der Waals surface area contributed by atoms with Crippen molar-refractivity contribution in [3.63, 3.8) is 0 Å². The van der Waals surface area contributed by atoms with Crippen LogP contribution < -0.4 is 15.4 Å². The molecule has 1 saturated carbocycles. The van der Waals surface area contributed by atoms with E-state index in [0.29, 0.717) is 18.2 Å². The highest BCUT2D eigenvalue weighted by Crippen LogP contribution is 2.36. The summed E-state index contributed by atoms with van der Waals surface area (Å²) in [5.41, 5.74) is 1.71. The summed E-state index contributed by atoms with van der Waals surface area (Å²) in [5.74, 6) is 2.24. The normalized spacial score (nSPS) is 17.3. The SMILES string of the molecule is CC.COCCCCn1c(C(=O)NC(C)C)c(OCC2CC2)c2ccccc21.C[C@@H]1CCCNC1. The molecule has 1 aromatic heterocycles. The van der Waals surface area contributed by atoms with E-state index >= 15 is 0 Å². The van der Waals surface area contributed by atoms with E-state index < -0.39 is 0 Å². The Balaban J connectivity index is 0.000000407. The van der Waals surface area contributed by atoms with Crippen LogP contribution in [0.2, 0.25) is 0 Å². The Labute approximate surface area is 213 Å². The summed E-state index contributed by atoms with van der Waals surface area (Å²) >= 11 is 0. The number of methoxy groups -OCH3 is 1. The molecule has 2 N–H and O–H groups in total. The number of hydrogen-bond acceptors (Lipinski definition) is 4. The Hall–Kier alpha value is -2.05. The number of amides is 1. The number of rotatable bonds is 10. The highest BCUT2D eigenvalue weighted by atomic mass is 16.5. The van der Waals surface area contributed by atoms with Crippen LogP contribution in [0.15, 0.2) is 24.3 Å². The third kappa shape index (κ3) is 9.49. The van der Waals surface area contributed by atoms with E-state index in [1.807, 2.05) is 39.8 Å². The second-order valence-corrected chi connectivity index (χ2v) is 9.88. The lowest BCUT2D eigenvalue weighted by molar-refractivity contribution is 0.0929. The van der Waals surface area contributed by atoms with Gasteiger partial charge in [-0.3, -0.25) is 4.79 Å². The Bertz CT molecular complexity index is 867. The van der Waals surface area contributed by atoms with E-state index in [1.54, 1.807) is 7.11 Å². The van der Waals surface area contributed by atoms with Gasteiger partial charge < -0.3 is 24.7 Å². The van der Waals surface area contributed by atoms with Crippen molar-refractivity contribution >= 4 is 16.8 Å². The van der Waals surface area contributed by atoms with Gasteiger partial charge in [0.25, 0.3) is 5.91 Å². The Morgan fingerprint density at radius 3 is 2.49 bits per heavy atom. The second-order valence-electron chi connectivity index (χ2n) is 9.88. The number of nitrogens with one attached hydrogen (secondary N) is 2. The zero-order valence-electron chi connectivity index (χ0n) is 23.0. The standard InChI is InChI=1S/C21H30N2O3.C6H13N.C2H6/c1-15(2)22-21(24)19-20(26-14-16-10-11-16)17-8-4-5-9-18(17)23(19)12-6-7-13-25-3;1-6-3-2-4-7-5-6;1-2/h4-5,8-9,15-16H,6-7,10-14H2,1-3H3,(H,22,24);6-7H,2-5H2,1H3;1-2H3/t;6-;/m.1./s1. The summed E-state index contributed by atoms with van der Waals surface area (Å²) < 4.78 is 13.5. The third-order valence-corrected chi connectivity index (χ3v) is 6.24. The van der Waals surface area contributed by atoms with Crippen LogP contribution in [0.25, 0.3) is 10.9 Å². The minimum atomic E-state index is -0.0614. The van der Waals surface area contributed by atoms with Crippen molar-refractivity contribution in [1.29, 1.82) is 0 Å². The van der Waals surface area contributed by atoms with Crippen molar-refractivity contribution in [1.82, 2.24) is 15.2 Å². The van der Waals surface area contributed by atoms with Gasteiger partial charge in [-0.25, -0.2) is 0 Å². The van der Waals surface area contributed by atoms with E-state index in [4.69, 9.17) is 9.47 Å². The quantitative estimate of drug-likeness (QED) is 0.402. The van der Waals surface area contributed by atoms with Gasteiger partial charge >= 0.3 is 0 Å². The van der Waals surface area contributed by atoms with Crippen molar-refractivity contribution < 1.29 is 14.3 Å². The Morgan fingerprint density at radius 2 is 1.91 bits per heavy atom. The van der Waals surface area contributed by atoms with Crippen LogP contribution >= 0.6 is 0 Å². The van der Waals surface area contributed by atoms with Gasteiger partial charge in [0.1, 0.15) is 0 Å². The third-order valence-electron chi connectivity index (χ3n) is 6.24. The topological polar surface area (TPSA) is 64.5 Å². The zero-order chi connectivity index (χ0) is 25.6. The van der Waals surface area contributed by atoms with Crippen molar-refractivity contribution in [2.45, 2.75) is 85.7 Å². The van der Waals surface area contributed by atoms with Gasteiger partial charge in [-0.05, 0) is 89.4 Å². The molecule has 1 atom stereocenters. The molecule has 35 heavy (non-hydrogen) atoms. The number of hydrogen-bond donors (Lipinski definition) is 2. The fraction of sp³-hybridized carbons (Fsp3) is 0.690. The number of para-hydroxylation sites is 1. The predicted molar refractivity (Wildman–Crippen MR) is 146 cm³/mol. The van der Waals surface area contributed by atoms with Crippen LogP contribution in [0, 0.1) is 11.8 Å². The molecule has 0 unspecified atom stereocenters. The zero-order valence-corrected chi connectivity index (χ0v) is 23.0. The minimum Gasteiger partial charge on any atom is -0.490 e. The van der Waals surface area contributed by atoms with Gasteiger partial charge in [-0.2, -0.15) is 0 Å². The molecule has 2 fully saturated rings. The van der Waals surface area contributed by atoms with E-state index in [0.717, 1.165) is 48.6 Å². The Morgan fingerprint density at radius 1 is 1.17 bits per heavy atom. The molecule has 1 aliphatic heterocycles. The number of fused-ring (bicyclic) bond motifs is 1. The summed E-state index contributed by atoms with van der Waals surface area (Å²) in [6.07, 6.45) is 7.17. The first kappa shape index (κ1) is 29.2. The maximum absolute atomic E-state index is 13.0. The molecule has 0 radical (unpaired) electrons. The first-order valence-electron chi connectivity index (χ1n) is 13.8. The number of unbranched alkanes of at least 4 members (excludes halogenated alkanes) is 1. The molecule has 0 bridgehead atoms. The van der Waals surface area contributed by atoms with Crippen LogP contribution in [-0.4, -0.2) is 49.9 Å². The summed E-state index contributed by atoms with van der Waals surface area (Å²) in [4.78, 5) is 13.0. The van der Waals surface area contributed by atoms with Crippen LogP contribution in [0.4, 0.5) is 0 Å². The lowest BCUT2D eigenvalue weighted by atomic mass is 10.0. The molecular weight excluding hydrogens is 438 g/mol. The van der Waals surface area contributed by atoms with Crippen LogP contribution in [0.1, 0.15) is 83.6 Å². The van der Waals surface area contributed by atoms with Gasteiger partial charge in [0.05, 0.1) is 12.1 Å². The average molecular weight is 488 g/mol. The van der Waals surface area contributed by atoms with E-state index in [9.17, 15) is 4.79 Å². The van der Waals surface area contributed by atoms with Crippen LogP contribution in [-0.2, 0) is 11.3 Å². The molecule has 2 aromatic rings. The van der Waals surface area contributed by atoms with Gasteiger partial charge in [0, 0.05) is 31.7 Å². The number of aromatic nitrogens is 1. The van der Waals surface area contributed by atoms with Gasteiger partial charge in [0.15, 0.2) is 11.4 Å². The summed E-state index contributed by atoms with van der Waals surface area (Å²) in [5, 5.41) is 7.40. The fourth-order valence-electron chi connectivity index (χ4n) is 4.23. The first-order chi connectivity index (χ1) is 17.0. The van der Waals surface area contributed by atoms with Gasteiger partial charge in [0.2, 0.25) is 0 Å². The lowest BCUT2D eigenvalue weighted by Crippen LogP contribution is -2.32. The minimum absolute atomic E-state index is 0.0614. The average Bonchev–Trinajstić information content (AvgIpc) is 3.64. The van der Waals surface area contributed by atoms with E-state index in [2.05, 4.69) is 34.3 Å². The molecule has 6 heteroatoms. The van der Waals surface area contributed by atoms with Gasteiger partial charge in [-0.15, -0.1) is 0 Å².